The maximum absolute atomic E-state index is 11.1. The van der Waals surface area contributed by atoms with Gasteiger partial charge in [0, 0.05) is 0 Å². The lowest BCUT2D eigenvalue weighted by molar-refractivity contribution is -0.143. The van der Waals surface area contributed by atoms with Gasteiger partial charge in [0.25, 0.3) is 0 Å². The van der Waals surface area contributed by atoms with E-state index in [-0.39, 0.29) is 11.3 Å². The lowest BCUT2D eigenvalue weighted by Gasteiger charge is -2.26. The monoisotopic (exact) mass is 203 g/mol. The van der Waals surface area contributed by atoms with Gasteiger partial charge in [-0.2, -0.15) is 0 Å². The predicted molar refractivity (Wildman–Crippen MR) is 54.7 cm³/mol. The van der Waals surface area contributed by atoms with E-state index < -0.39 is 0 Å². The molecule has 2 unspecified atom stereocenters. The summed E-state index contributed by atoms with van der Waals surface area (Å²) in [5, 5.41) is 3.58. The van der Waals surface area contributed by atoms with E-state index in [4.69, 9.17) is 4.74 Å². The largest absolute Gasteiger partial charge is 0.466 e. The van der Waals surface area contributed by atoms with E-state index in [1.165, 1.54) is 0 Å². The number of carbonyl (C=O) groups is 1. The molecular weight excluding hydrogens is 186 g/mol. The van der Waals surface area contributed by atoms with Crippen molar-refractivity contribution >= 4 is 17.7 Å². The highest BCUT2D eigenvalue weighted by Gasteiger charge is 2.20. The molecule has 0 saturated carbocycles. The van der Waals surface area contributed by atoms with E-state index in [0.29, 0.717) is 18.9 Å². The molecule has 0 aliphatic carbocycles. The predicted octanol–water partition coefficient (Wildman–Crippen LogP) is 1.24. The smallest absolute Gasteiger partial charge is 0.308 e. The maximum Gasteiger partial charge on any atom is 0.308 e. The molecule has 0 bridgehead atoms. The number of nitrogens with one attached hydrogen (secondary N) is 1. The van der Waals surface area contributed by atoms with Crippen molar-refractivity contribution in [3.63, 3.8) is 0 Å². The normalized spacial score (nSPS) is 28.5. The first kappa shape index (κ1) is 10.9. The third-order valence-corrected chi connectivity index (χ3v) is 3.43. The minimum atomic E-state index is -0.0953. The van der Waals surface area contributed by atoms with Gasteiger partial charge in [-0.25, -0.2) is 0 Å². The van der Waals surface area contributed by atoms with Crippen LogP contribution in [0.3, 0.4) is 0 Å². The molecule has 0 aromatic heterocycles. The van der Waals surface area contributed by atoms with Crippen LogP contribution in [0.5, 0.6) is 0 Å². The summed E-state index contributed by atoms with van der Waals surface area (Å²) in [5.74, 6) is 1.75. The van der Waals surface area contributed by atoms with Crippen LogP contribution < -0.4 is 5.32 Å². The van der Waals surface area contributed by atoms with Crippen molar-refractivity contribution in [3.8, 4) is 0 Å². The van der Waals surface area contributed by atoms with Crippen LogP contribution in [0, 0.1) is 5.92 Å². The first-order valence-electron chi connectivity index (χ1n) is 4.73. The number of hydrogen-bond acceptors (Lipinski definition) is 4. The zero-order chi connectivity index (χ0) is 9.68. The van der Waals surface area contributed by atoms with E-state index in [2.05, 4.69) is 12.2 Å². The van der Waals surface area contributed by atoms with Crippen LogP contribution in [0.4, 0.5) is 0 Å². The topological polar surface area (TPSA) is 38.3 Å². The second-order valence-electron chi connectivity index (χ2n) is 3.34. The first-order chi connectivity index (χ1) is 6.22. The van der Waals surface area contributed by atoms with Crippen LogP contribution in [0.15, 0.2) is 0 Å². The molecule has 1 heterocycles. The van der Waals surface area contributed by atoms with Crippen LogP contribution in [0.1, 0.15) is 20.3 Å². The third-order valence-electron chi connectivity index (χ3n) is 1.93. The van der Waals surface area contributed by atoms with Gasteiger partial charge in [0.05, 0.1) is 18.4 Å². The Morgan fingerprint density at radius 2 is 2.46 bits per heavy atom. The summed E-state index contributed by atoms with van der Waals surface area (Å²) in [7, 11) is 0. The minimum Gasteiger partial charge on any atom is -0.466 e. The summed E-state index contributed by atoms with van der Waals surface area (Å²) in [6.45, 7) is 5.53. The highest BCUT2D eigenvalue weighted by Crippen LogP contribution is 2.20. The molecule has 0 radical (unpaired) electrons. The molecule has 1 aliphatic heterocycles. The van der Waals surface area contributed by atoms with Crippen molar-refractivity contribution in [1.82, 2.24) is 5.32 Å². The van der Waals surface area contributed by atoms with Crippen molar-refractivity contribution in [3.05, 3.63) is 0 Å². The molecule has 1 saturated heterocycles. The molecule has 1 rings (SSSR count). The zero-order valence-electron chi connectivity index (χ0n) is 8.21. The number of carbonyl (C=O) groups excluding carboxylic acids is 1. The number of esters is 1. The van der Waals surface area contributed by atoms with Crippen molar-refractivity contribution in [2.24, 2.45) is 5.92 Å². The quantitative estimate of drug-likeness (QED) is 0.700. The average Bonchev–Trinajstić information content (AvgIpc) is 2.09. The fourth-order valence-corrected chi connectivity index (χ4v) is 2.38. The molecule has 0 aromatic carbocycles. The fraction of sp³-hybridized carbons (Fsp3) is 0.889. The summed E-state index contributed by atoms with van der Waals surface area (Å²) in [6, 6.07) is 0. The fourth-order valence-electron chi connectivity index (χ4n) is 1.23. The van der Waals surface area contributed by atoms with Gasteiger partial charge < -0.3 is 10.1 Å². The summed E-state index contributed by atoms with van der Waals surface area (Å²) in [6.07, 6.45) is 0.491. The van der Waals surface area contributed by atoms with E-state index >= 15 is 0 Å². The number of hydrogen-bond donors (Lipinski definition) is 1. The van der Waals surface area contributed by atoms with Crippen molar-refractivity contribution < 1.29 is 9.53 Å². The van der Waals surface area contributed by atoms with Crippen LogP contribution >= 0.6 is 11.8 Å². The Morgan fingerprint density at radius 1 is 1.69 bits per heavy atom. The lowest BCUT2D eigenvalue weighted by Crippen LogP contribution is -2.38. The molecule has 1 fully saturated rings. The van der Waals surface area contributed by atoms with Gasteiger partial charge in [0.1, 0.15) is 0 Å². The zero-order valence-corrected chi connectivity index (χ0v) is 9.02. The molecule has 0 spiro atoms. The maximum atomic E-state index is 11.1. The standard InChI is InChI=1S/C9H17NO2S/c1-3-12-9(11)4-8-10-5-7(2)6-13-8/h7-8,10H,3-6H2,1-2H3. The highest BCUT2D eigenvalue weighted by atomic mass is 32.2. The Kier molecular flexibility index (Phi) is 4.59. The summed E-state index contributed by atoms with van der Waals surface area (Å²) in [4.78, 5) is 11.1. The van der Waals surface area contributed by atoms with Gasteiger partial charge in [-0.15, -0.1) is 11.8 Å². The Balaban J connectivity index is 2.18. The highest BCUT2D eigenvalue weighted by molar-refractivity contribution is 7.99. The van der Waals surface area contributed by atoms with E-state index in [1.54, 1.807) is 0 Å². The average molecular weight is 203 g/mol. The lowest BCUT2D eigenvalue weighted by atomic mass is 10.2. The van der Waals surface area contributed by atoms with E-state index in [0.717, 1.165) is 12.3 Å². The Labute approximate surface area is 83.6 Å². The molecular formula is C9H17NO2S. The van der Waals surface area contributed by atoms with Crippen LogP contribution in [-0.4, -0.2) is 30.2 Å². The Hall–Kier alpha value is -0.220. The first-order valence-corrected chi connectivity index (χ1v) is 5.78. The van der Waals surface area contributed by atoms with Crippen LogP contribution in [-0.2, 0) is 9.53 Å². The molecule has 13 heavy (non-hydrogen) atoms. The van der Waals surface area contributed by atoms with Crippen molar-refractivity contribution in [2.45, 2.75) is 25.6 Å². The Morgan fingerprint density at radius 3 is 3.00 bits per heavy atom. The van der Waals surface area contributed by atoms with Gasteiger partial charge in [-0.1, -0.05) is 6.92 Å². The molecule has 4 heteroatoms. The number of rotatable bonds is 3. The van der Waals surface area contributed by atoms with Crippen molar-refractivity contribution in [1.29, 1.82) is 0 Å². The summed E-state index contributed by atoms with van der Waals surface area (Å²) >= 11 is 1.81. The molecule has 3 nitrogen and oxygen atoms in total. The third kappa shape index (κ3) is 4.00. The molecule has 76 valence electrons. The molecule has 0 amide bonds. The van der Waals surface area contributed by atoms with Gasteiger partial charge in [0.2, 0.25) is 0 Å². The van der Waals surface area contributed by atoms with Gasteiger partial charge in [-0.3, -0.25) is 4.79 Å². The van der Waals surface area contributed by atoms with Gasteiger partial charge >= 0.3 is 5.97 Å². The van der Waals surface area contributed by atoms with Crippen molar-refractivity contribution in [2.75, 3.05) is 18.9 Å². The SMILES string of the molecule is CCOC(=O)CC1NCC(C)CS1. The van der Waals surface area contributed by atoms with Gasteiger partial charge in [-0.05, 0) is 25.1 Å². The Bertz CT molecular complexity index is 167. The second kappa shape index (κ2) is 5.50. The minimum absolute atomic E-state index is 0.0953. The van der Waals surface area contributed by atoms with Crippen LogP contribution in [0.25, 0.3) is 0 Å². The second-order valence-corrected chi connectivity index (χ2v) is 4.58. The molecule has 2 atom stereocenters. The summed E-state index contributed by atoms with van der Waals surface area (Å²) in [5.41, 5.74) is 0. The number of thioether (sulfide) groups is 1. The molecule has 1 aliphatic rings. The van der Waals surface area contributed by atoms with Gasteiger partial charge in [0.15, 0.2) is 0 Å². The van der Waals surface area contributed by atoms with E-state index in [1.807, 2.05) is 18.7 Å². The summed E-state index contributed by atoms with van der Waals surface area (Å²) < 4.78 is 4.88. The molecule has 0 aromatic rings. The van der Waals surface area contributed by atoms with E-state index in [9.17, 15) is 4.79 Å². The molecule has 1 N–H and O–H groups in total. The number of ether oxygens (including phenoxy) is 1. The van der Waals surface area contributed by atoms with Crippen LogP contribution in [0.2, 0.25) is 0 Å².